The van der Waals surface area contributed by atoms with E-state index in [9.17, 15) is 40.9 Å². The van der Waals surface area contributed by atoms with Gasteiger partial charge in [0.25, 0.3) is 0 Å². The van der Waals surface area contributed by atoms with Crippen LogP contribution in [-0.2, 0) is 38.7 Å². The van der Waals surface area contributed by atoms with Gasteiger partial charge in [0.05, 0.1) is 31.4 Å². The van der Waals surface area contributed by atoms with Crippen LogP contribution in [0.3, 0.4) is 0 Å². The molecule has 1 saturated carbocycles. The average Bonchev–Trinajstić information content (AvgIpc) is 3.30. The van der Waals surface area contributed by atoms with Crippen molar-refractivity contribution >= 4 is 10.3 Å². The van der Waals surface area contributed by atoms with Crippen LogP contribution >= 0.6 is 0 Å². The molecule has 0 aromatic heterocycles. The number of hydrogen-bond acceptors (Lipinski definition) is 21. The Balaban J connectivity index is 0.00000111. The molecule has 3 saturated heterocycles. The third-order valence-corrected chi connectivity index (χ3v) is 8.32. The molecular weight excluding hydrogens is 664 g/mol. The summed E-state index contributed by atoms with van der Waals surface area (Å²) in [5.74, 6) is 0. The second-order valence-electron chi connectivity index (χ2n) is 11.7. The molecule has 0 spiro atoms. The summed E-state index contributed by atoms with van der Waals surface area (Å²) in [6, 6.07) is -4.30. The van der Waals surface area contributed by atoms with Gasteiger partial charge in [0.1, 0.15) is 67.1 Å². The second kappa shape index (κ2) is 16.9. The number of ether oxygens (including phenoxy) is 6. The molecular formula is C23H48N6O17S. The molecule has 21 N–H and O–H groups in total. The van der Waals surface area contributed by atoms with E-state index in [2.05, 4.69) is 5.14 Å². The number of nitrogens with two attached hydrogens (primary N) is 6. The Morgan fingerprint density at radius 1 is 0.596 bits per heavy atom. The van der Waals surface area contributed by atoms with Gasteiger partial charge < -0.3 is 97.9 Å². The largest absolute Gasteiger partial charge is 0.394 e. The van der Waals surface area contributed by atoms with E-state index in [1.165, 1.54) is 0 Å². The normalized spacial score (nSPS) is 49.3. The zero-order valence-electron chi connectivity index (χ0n) is 25.0. The summed E-state index contributed by atoms with van der Waals surface area (Å²) in [5, 5.41) is 86.2. The van der Waals surface area contributed by atoms with E-state index in [4.69, 9.17) is 70.1 Å². The van der Waals surface area contributed by atoms with E-state index in [-0.39, 0.29) is 13.0 Å². The fraction of sp³-hybridized carbons (Fsp3) is 1.00. The van der Waals surface area contributed by atoms with Gasteiger partial charge in [-0.3, -0.25) is 4.55 Å². The third kappa shape index (κ3) is 9.67. The van der Waals surface area contributed by atoms with Gasteiger partial charge >= 0.3 is 10.3 Å². The van der Waals surface area contributed by atoms with Crippen LogP contribution in [0.2, 0.25) is 0 Å². The molecule has 23 nitrogen and oxygen atoms in total. The molecule has 278 valence electrons. The van der Waals surface area contributed by atoms with Crippen LogP contribution in [0.1, 0.15) is 6.42 Å². The number of aliphatic hydroxyl groups is 8. The van der Waals surface area contributed by atoms with Gasteiger partial charge in [-0.05, 0) is 6.42 Å². The molecule has 4 rings (SSSR count). The summed E-state index contributed by atoms with van der Waals surface area (Å²) in [6.07, 6.45) is -20.5. The van der Waals surface area contributed by atoms with E-state index < -0.39 is 140 Å². The maximum absolute atomic E-state index is 11.1. The van der Waals surface area contributed by atoms with Crippen LogP contribution < -0.4 is 33.8 Å². The van der Waals surface area contributed by atoms with E-state index in [0.717, 1.165) is 0 Å². The lowest BCUT2D eigenvalue weighted by Crippen LogP contribution is -2.68. The van der Waals surface area contributed by atoms with Crippen molar-refractivity contribution in [3.63, 3.8) is 0 Å². The van der Waals surface area contributed by atoms with Crippen molar-refractivity contribution in [2.24, 2.45) is 33.8 Å². The van der Waals surface area contributed by atoms with Crippen molar-refractivity contribution < 1.29 is 82.2 Å². The standard InChI is InChI=1S/C23H45N5O14.H3NO3S/c24-2-7-13(32)15(34)10(27)21(37-7)41-19-9(4-30)39-23(17(19)36)42-20-12(31)5(25)1-6(26)18(20)40-22-11(28)16(35)14(33)8(3-29)38-22;1-5(2,3)4/h5-23,29-36H,1-4,24-28H2;(H3,1,2,3,4)/t5-,6+,7+,8-,9-,10-,11-,12+,13-,14-,15-,16-,17-,18-,19-,20-,21-,22-,23+;/m1./s1. The number of hydrogen-bond donors (Lipinski definition) is 15. The maximum Gasteiger partial charge on any atom is 0.330 e. The zero-order valence-corrected chi connectivity index (χ0v) is 25.8. The predicted octanol–water partition coefficient (Wildman–Crippen LogP) is -10.1. The topological polar surface area (TPSA) is 428 Å². The average molecular weight is 713 g/mol. The van der Waals surface area contributed by atoms with E-state index >= 15 is 0 Å². The van der Waals surface area contributed by atoms with Crippen LogP contribution in [0, 0.1) is 0 Å². The molecule has 0 amide bonds. The van der Waals surface area contributed by atoms with Gasteiger partial charge in [0.15, 0.2) is 18.9 Å². The minimum Gasteiger partial charge on any atom is -0.394 e. The van der Waals surface area contributed by atoms with Gasteiger partial charge in [-0.15, -0.1) is 0 Å². The van der Waals surface area contributed by atoms with Crippen molar-refractivity contribution in [2.75, 3.05) is 19.8 Å². The highest BCUT2D eigenvalue weighted by Gasteiger charge is 2.54. The van der Waals surface area contributed by atoms with Crippen LogP contribution in [0.15, 0.2) is 0 Å². The maximum atomic E-state index is 11.1. The van der Waals surface area contributed by atoms with Crippen molar-refractivity contribution in [1.29, 1.82) is 0 Å². The molecule has 0 radical (unpaired) electrons. The summed E-state index contributed by atoms with van der Waals surface area (Å²) >= 11 is 0. The molecule has 3 heterocycles. The fourth-order valence-corrected chi connectivity index (χ4v) is 5.70. The van der Waals surface area contributed by atoms with E-state index in [1.807, 2.05) is 0 Å². The molecule has 24 heteroatoms. The monoisotopic (exact) mass is 712 g/mol. The first-order valence-electron chi connectivity index (χ1n) is 14.5. The van der Waals surface area contributed by atoms with Crippen molar-refractivity contribution in [2.45, 2.75) is 123 Å². The molecule has 4 aliphatic rings. The highest BCUT2D eigenvalue weighted by atomic mass is 32.2. The van der Waals surface area contributed by atoms with E-state index in [0.29, 0.717) is 0 Å². The first kappa shape index (κ1) is 40.5. The minimum atomic E-state index is -4.17. The molecule has 19 atom stereocenters. The van der Waals surface area contributed by atoms with Crippen molar-refractivity contribution in [3.05, 3.63) is 0 Å². The van der Waals surface area contributed by atoms with E-state index in [1.54, 1.807) is 0 Å². The van der Waals surface area contributed by atoms with Gasteiger partial charge in [-0.2, -0.15) is 8.42 Å². The van der Waals surface area contributed by atoms with Crippen LogP contribution in [0.5, 0.6) is 0 Å². The summed E-state index contributed by atoms with van der Waals surface area (Å²) in [7, 11) is -4.17. The van der Waals surface area contributed by atoms with Crippen LogP contribution in [0.25, 0.3) is 0 Å². The molecule has 3 aliphatic heterocycles. The quantitative estimate of drug-likeness (QED) is 0.0986. The molecule has 1 aliphatic carbocycles. The zero-order chi connectivity index (χ0) is 35.5. The summed E-state index contributed by atoms with van der Waals surface area (Å²) < 4.78 is 59.6. The Morgan fingerprint density at radius 2 is 1.02 bits per heavy atom. The number of aliphatic hydroxyl groups excluding tert-OH is 8. The smallest absolute Gasteiger partial charge is 0.330 e. The Labute approximate surface area is 269 Å². The number of rotatable bonds is 9. The molecule has 4 fully saturated rings. The third-order valence-electron chi connectivity index (χ3n) is 8.32. The van der Waals surface area contributed by atoms with Crippen molar-refractivity contribution in [1.82, 2.24) is 0 Å². The molecule has 0 unspecified atom stereocenters. The summed E-state index contributed by atoms with van der Waals surface area (Å²) in [4.78, 5) is 0. The Kier molecular flexibility index (Phi) is 14.6. The molecule has 0 aromatic carbocycles. The highest BCUT2D eigenvalue weighted by Crippen LogP contribution is 2.34. The Hall–Kier alpha value is -0.890. The molecule has 0 bridgehead atoms. The Morgan fingerprint density at radius 3 is 1.51 bits per heavy atom. The van der Waals surface area contributed by atoms with Crippen LogP contribution in [0.4, 0.5) is 0 Å². The first-order valence-corrected chi connectivity index (χ1v) is 16.0. The minimum absolute atomic E-state index is 0.0642. The van der Waals surface area contributed by atoms with Gasteiger partial charge in [-0.25, -0.2) is 5.14 Å². The molecule has 0 aromatic rings. The van der Waals surface area contributed by atoms with Crippen LogP contribution in [-0.4, -0.2) is 190 Å². The lowest BCUT2D eigenvalue weighted by molar-refractivity contribution is -0.310. The van der Waals surface area contributed by atoms with Crippen molar-refractivity contribution in [3.8, 4) is 0 Å². The Bertz CT molecular complexity index is 1080. The summed E-state index contributed by atoms with van der Waals surface area (Å²) in [5.41, 5.74) is 29.9. The van der Waals surface area contributed by atoms with Gasteiger partial charge in [0, 0.05) is 18.6 Å². The van der Waals surface area contributed by atoms with Gasteiger partial charge in [-0.1, -0.05) is 0 Å². The summed E-state index contributed by atoms with van der Waals surface area (Å²) in [6.45, 7) is -1.49. The second-order valence-corrected chi connectivity index (χ2v) is 12.7. The fourth-order valence-electron chi connectivity index (χ4n) is 5.70. The predicted molar refractivity (Wildman–Crippen MR) is 152 cm³/mol. The lowest BCUT2D eigenvalue weighted by atomic mass is 9.84. The first-order chi connectivity index (χ1) is 21.8. The highest BCUT2D eigenvalue weighted by molar-refractivity contribution is 7.83. The molecule has 47 heavy (non-hydrogen) atoms. The SMILES string of the molecule is NC[C@@H]1O[C@H](O[C@H]2[C@@H](O)[C@H](O[C@@H]3[C@@H](O)[C@H](N)C[C@H](N)[C@H]3O[C@H]3O[C@H](CO)[C@@H](O)[C@H](O)[C@H]3N)O[C@@H]2CO)[C@H](N)[C@@H](O)[C@@H]1O.NS(=O)(=O)O. The van der Waals surface area contributed by atoms with Gasteiger partial charge in [0.2, 0.25) is 0 Å². The lowest BCUT2D eigenvalue weighted by Gasteiger charge is -2.47.